The number of nitrogens with zero attached hydrogens (tertiary/aromatic N) is 1. The van der Waals surface area contributed by atoms with Gasteiger partial charge >= 0.3 is 6.43 Å². The van der Waals surface area contributed by atoms with Crippen LogP contribution >= 0.6 is 0 Å². The SMILES string of the molecule is CN1C(=N)N[C@@]2(CCOc3ccc(NC(=O)C(F)F)cc32)CS1(=O)=O. The molecule has 3 N–H and O–H groups in total. The van der Waals surface area contributed by atoms with Crippen LogP contribution in [0, 0.1) is 5.41 Å². The maximum Gasteiger partial charge on any atom is 0.315 e. The molecule has 2 heterocycles. The lowest BCUT2D eigenvalue weighted by Crippen LogP contribution is -2.63. The lowest BCUT2D eigenvalue weighted by molar-refractivity contribution is -0.126. The number of amides is 1. The molecule has 3 rings (SSSR count). The van der Waals surface area contributed by atoms with Crippen molar-refractivity contribution in [3.63, 3.8) is 0 Å². The van der Waals surface area contributed by atoms with Gasteiger partial charge in [0.1, 0.15) is 5.75 Å². The summed E-state index contributed by atoms with van der Waals surface area (Å²) in [6, 6.07) is 4.27. The topological polar surface area (TPSA) is 112 Å². The van der Waals surface area contributed by atoms with Crippen LogP contribution in [0.15, 0.2) is 18.2 Å². The third kappa shape index (κ3) is 2.99. The Bertz CT molecular complexity index is 845. The number of benzene rings is 1. The van der Waals surface area contributed by atoms with Crippen molar-refractivity contribution in [1.82, 2.24) is 9.62 Å². The molecule has 1 fully saturated rings. The summed E-state index contributed by atoms with van der Waals surface area (Å²) in [5, 5.41) is 12.9. The molecular formula is C14H16F2N4O4S. The highest BCUT2D eigenvalue weighted by Crippen LogP contribution is 2.41. The average Bonchev–Trinajstić information content (AvgIpc) is 2.53. The van der Waals surface area contributed by atoms with Crippen LogP contribution in [0.25, 0.3) is 0 Å². The molecule has 1 amide bonds. The van der Waals surface area contributed by atoms with Gasteiger partial charge in [-0.3, -0.25) is 10.2 Å². The number of guanidine groups is 1. The van der Waals surface area contributed by atoms with E-state index in [1.165, 1.54) is 25.2 Å². The van der Waals surface area contributed by atoms with E-state index in [1.807, 2.05) is 0 Å². The van der Waals surface area contributed by atoms with Crippen molar-refractivity contribution in [2.45, 2.75) is 18.4 Å². The molecule has 2 aliphatic heterocycles. The standard InChI is InChI=1S/C14H16F2N4O4S/c1-20-13(17)19-14(7-25(20,22)23)4-5-24-10-3-2-8(6-9(10)14)18-12(21)11(15)16/h2-3,6,11H,4-5,7H2,1H3,(H2,17,19)(H,18,21)/t14-/m0/s1. The molecule has 11 heteroatoms. The number of rotatable bonds is 2. The maximum absolute atomic E-state index is 12.4. The van der Waals surface area contributed by atoms with E-state index in [0.29, 0.717) is 11.3 Å². The van der Waals surface area contributed by atoms with Crippen LogP contribution in [-0.2, 0) is 20.4 Å². The molecule has 1 aromatic rings. The normalized spacial score (nSPS) is 24.5. The van der Waals surface area contributed by atoms with Gasteiger partial charge in [-0.1, -0.05) is 0 Å². The first-order valence-corrected chi connectivity index (χ1v) is 8.95. The molecule has 0 aromatic heterocycles. The van der Waals surface area contributed by atoms with Crippen molar-refractivity contribution in [1.29, 1.82) is 5.41 Å². The van der Waals surface area contributed by atoms with Gasteiger partial charge in [-0.15, -0.1) is 0 Å². The number of hydrogen-bond donors (Lipinski definition) is 3. The summed E-state index contributed by atoms with van der Waals surface area (Å²) >= 11 is 0. The first-order valence-electron chi connectivity index (χ1n) is 7.34. The van der Waals surface area contributed by atoms with Gasteiger partial charge < -0.3 is 15.4 Å². The number of halogens is 2. The van der Waals surface area contributed by atoms with Gasteiger partial charge in [0.15, 0.2) is 0 Å². The minimum atomic E-state index is -3.73. The zero-order chi connectivity index (χ0) is 18.4. The zero-order valence-electron chi connectivity index (χ0n) is 13.2. The highest BCUT2D eigenvalue weighted by molar-refractivity contribution is 7.89. The number of hydrogen-bond acceptors (Lipinski definition) is 5. The lowest BCUT2D eigenvalue weighted by Gasteiger charge is -2.45. The third-order valence-corrected chi connectivity index (χ3v) is 6.14. The van der Waals surface area contributed by atoms with Crippen LogP contribution in [0.3, 0.4) is 0 Å². The Morgan fingerprint density at radius 1 is 1.48 bits per heavy atom. The molecule has 0 bridgehead atoms. The fraction of sp³-hybridized carbons (Fsp3) is 0.429. The van der Waals surface area contributed by atoms with E-state index in [9.17, 15) is 22.0 Å². The van der Waals surface area contributed by atoms with Gasteiger partial charge in [-0.05, 0) is 18.2 Å². The predicted octanol–water partition coefficient (Wildman–Crippen LogP) is 0.668. The molecule has 0 radical (unpaired) electrons. The van der Waals surface area contributed by atoms with Crippen molar-refractivity contribution in [3.05, 3.63) is 23.8 Å². The summed E-state index contributed by atoms with van der Waals surface area (Å²) in [5.41, 5.74) is -0.632. The Labute approximate surface area is 142 Å². The number of anilines is 1. The second-order valence-corrected chi connectivity index (χ2v) is 7.88. The third-order valence-electron chi connectivity index (χ3n) is 4.27. The first kappa shape index (κ1) is 17.4. The van der Waals surface area contributed by atoms with E-state index in [-0.39, 0.29) is 30.4 Å². The second-order valence-electron chi connectivity index (χ2n) is 5.88. The van der Waals surface area contributed by atoms with Crippen molar-refractivity contribution in [2.24, 2.45) is 0 Å². The predicted molar refractivity (Wildman–Crippen MR) is 85.3 cm³/mol. The van der Waals surface area contributed by atoms with Gasteiger partial charge in [-0.25, -0.2) is 12.7 Å². The van der Waals surface area contributed by atoms with Crippen molar-refractivity contribution in [3.8, 4) is 5.75 Å². The minimum absolute atomic E-state index is 0.0959. The van der Waals surface area contributed by atoms with E-state index >= 15 is 0 Å². The van der Waals surface area contributed by atoms with Crippen molar-refractivity contribution < 1.29 is 26.7 Å². The number of carbonyl (C=O) groups excluding carboxylic acids is 1. The molecule has 2 aliphatic rings. The summed E-state index contributed by atoms with van der Waals surface area (Å²) in [7, 11) is -2.45. The minimum Gasteiger partial charge on any atom is -0.493 e. The number of nitrogens with one attached hydrogen (secondary N) is 3. The highest BCUT2D eigenvalue weighted by Gasteiger charge is 2.48. The molecule has 1 spiro atoms. The average molecular weight is 374 g/mol. The van der Waals surface area contributed by atoms with Gasteiger partial charge in [0.2, 0.25) is 16.0 Å². The fourth-order valence-electron chi connectivity index (χ4n) is 2.94. The quantitative estimate of drug-likeness (QED) is 0.704. The summed E-state index contributed by atoms with van der Waals surface area (Å²) in [4.78, 5) is 11.2. The monoisotopic (exact) mass is 374 g/mol. The molecule has 1 aromatic carbocycles. The molecule has 0 aliphatic carbocycles. The largest absolute Gasteiger partial charge is 0.493 e. The Morgan fingerprint density at radius 2 is 2.20 bits per heavy atom. The number of alkyl halides is 2. The van der Waals surface area contributed by atoms with Crippen LogP contribution in [0.1, 0.15) is 12.0 Å². The molecule has 8 nitrogen and oxygen atoms in total. The van der Waals surface area contributed by atoms with Gasteiger partial charge in [0.05, 0.1) is 17.9 Å². The van der Waals surface area contributed by atoms with Gasteiger partial charge in [0.25, 0.3) is 5.91 Å². The zero-order valence-corrected chi connectivity index (χ0v) is 14.0. The summed E-state index contributed by atoms with van der Waals surface area (Å²) in [5.74, 6) is -1.69. The number of sulfonamides is 1. The van der Waals surface area contributed by atoms with E-state index in [4.69, 9.17) is 10.1 Å². The molecule has 0 unspecified atom stereocenters. The van der Waals surface area contributed by atoms with Crippen LogP contribution in [0.4, 0.5) is 14.5 Å². The molecule has 25 heavy (non-hydrogen) atoms. The van der Waals surface area contributed by atoms with Crippen molar-refractivity contribution in [2.75, 3.05) is 24.7 Å². The number of carbonyl (C=O) groups is 1. The molecule has 1 saturated heterocycles. The van der Waals surface area contributed by atoms with Crippen LogP contribution in [0.5, 0.6) is 5.75 Å². The highest BCUT2D eigenvalue weighted by atomic mass is 32.2. The number of ether oxygens (including phenoxy) is 1. The molecule has 1 atom stereocenters. The molecule has 136 valence electrons. The van der Waals surface area contributed by atoms with Gasteiger partial charge in [-0.2, -0.15) is 8.78 Å². The van der Waals surface area contributed by atoms with Gasteiger partial charge in [0, 0.05) is 24.7 Å². The first-order chi connectivity index (χ1) is 11.6. The van der Waals surface area contributed by atoms with E-state index in [2.05, 4.69) is 10.6 Å². The molecular weight excluding hydrogens is 358 g/mol. The van der Waals surface area contributed by atoms with E-state index in [1.54, 1.807) is 0 Å². The Kier molecular flexibility index (Phi) is 4.06. The summed E-state index contributed by atoms with van der Waals surface area (Å²) < 4.78 is 55.9. The van der Waals surface area contributed by atoms with Crippen LogP contribution in [-0.4, -0.2) is 50.4 Å². The Balaban J connectivity index is 2.03. The summed E-state index contributed by atoms with van der Waals surface area (Å²) in [6.07, 6.45) is -2.90. The number of fused-ring (bicyclic) bond motifs is 2. The smallest absolute Gasteiger partial charge is 0.315 e. The van der Waals surface area contributed by atoms with E-state index < -0.39 is 27.9 Å². The fourth-order valence-corrected chi connectivity index (χ4v) is 4.46. The van der Waals surface area contributed by atoms with Crippen LogP contribution < -0.4 is 15.4 Å². The van der Waals surface area contributed by atoms with E-state index in [0.717, 1.165) is 4.31 Å². The van der Waals surface area contributed by atoms with Crippen LogP contribution in [0.2, 0.25) is 0 Å². The lowest BCUT2D eigenvalue weighted by atomic mass is 9.85. The second kappa shape index (κ2) is 5.83. The van der Waals surface area contributed by atoms with Crippen molar-refractivity contribution >= 4 is 27.6 Å². The Hall–Kier alpha value is -2.43. The maximum atomic E-state index is 12.4. The summed E-state index contributed by atoms with van der Waals surface area (Å²) in [6.45, 7) is 0.231. The molecule has 0 saturated carbocycles. The Morgan fingerprint density at radius 3 is 2.84 bits per heavy atom.